The van der Waals surface area contributed by atoms with Gasteiger partial charge in [0.15, 0.2) is 0 Å². The van der Waals surface area contributed by atoms with E-state index in [-0.39, 0.29) is 6.61 Å². The van der Waals surface area contributed by atoms with E-state index in [0.29, 0.717) is 0 Å². The van der Waals surface area contributed by atoms with Crippen LogP contribution in [0.4, 0.5) is 0 Å². The number of rotatable bonds is 5. The molecule has 0 aromatic heterocycles. The third-order valence-electron chi connectivity index (χ3n) is 2.12. The van der Waals surface area contributed by atoms with Crippen LogP contribution in [0, 0.1) is 5.41 Å². The Kier molecular flexibility index (Phi) is 4.55. The van der Waals surface area contributed by atoms with Gasteiger partial charge in [-0.25, -0.2) is 4.79 Å². The molecule has 1 unspecified atom stereocenters. The van der Waals surface area contributed by atoms with Crippen molar-refractivity contribution in [1.82, 2.24) is 0 Å². The largest absolute Gasteiger partial charge is 0.477 e. The van der Waals surface area contributed by atoms with Crippen molar-refractivity contribution in [2.45, 2.75) is 46.3 Å². The van der Waals surface area contributed by atoms with Crippen LogP contribution < -0.4 is 0 Å². The third kappa shape index (κ3) is 2.96. The number of carboxylic acid groups (broad SMARTS) is 1. The van der Waals surface area contributed by atoms with Gasteiger partial charge in [0.1, 0.15) is 0 Å². The van der Waals surface area contributed by atoms with Gasteiger partial charge >= 0.3 is 5.97 Å². The summed E-state index contributed by atoms with van der Waals surface area (Å²) in [6.07, 6.45) is 1.64. The fourth-order valence-electron chi connectivity index (χ4n) is 0.963. The number of hydrogen-bond acceptors (Lipinski definition) is 3. The van der Waals surface area contributed by atoms with E-state index in [0.717, 1.165) is 12.8 Å². The maximum Gasteiger partial charge on any atom is 0.364 e. The fraction of sp³-hybridized carbons (Fsp3) is 0.900. The second kappa shape index (κ2) is 4.75. The van der Waals surface area contributed by atoms with Crippen LogP contribution in [0.2, 0.25) is 0 Å². The smallest absolute Gasteiger partial charge is 0.364 e. The number of carboxylic acids is 1. The molecule has 0 saturated carbocycles. The SMILES string of the molecule is CCCCOC(O)(C(=O)O)C(C)(C)C. The summed E-state index contributed by atoms with van der Waals surface area (Å²) in [6, 6.07) is 0. The summed E-state index contributed by atoms with van der Waals surface area (Å²) in [7, 11) is 0. The van der Waals surface area contributed by atoms with Gasteiger partial charge in [-0.1, -0.05) is 34.1 Å². The number of unbranched alkanes of at least 4 members (excludes halogenated alkanes) is 1. The highest BCUT2D eigenvalue weighted by Crippen LogP contribution is 2.31. The monoisotopic (exact) mass is 204 g/mol. The van der Waals surface area contributed by atoms with Gasteiger partial charge in [0.2, 0.25) is 0 Å². The molecule has 0 fully saturated rings. The predicted molar refractivity (Wildman–Crippen MR) is 52.9 cm³/mol. The summed E-state index contributed by atoms with van der Waals surface area (Å²) in [6.45, 7) is 7.13. The van der Waals surface area contributed by atoms with Gasteiger partial charge in [0.05, 0.1) is 6.61 Å². The lowest BCUT2D eigenvalue weighted by Crippen LogP contribution is -2.52. The molecule has 0 aliphatic heterocycles. The van der Waals surface area contributed by atoms with Crippen LogP contribution in [0.5, 0.6) is 0 Å². The normalized spacial score (nSPS) is 16.4. The first kappa shape index (κ1) is 13.4. The minimum absolute atomic E-state index is 0.260. The zero-order valence-electron chi connectivity index (χ0n) is 9.33. The van der Waals surface area contributed by atoms with Crippen molar-refractivity contribution < 1.29 is 19.7 Å². The van der Waals surface area contributed by atoms with Gasteiger partial charge in [-0.3, -0.25) is 0 Å². The molecular formula is C10H20O4. The van der Waals surface area contributed by atoms with Crippen LogP contribution in [0.15, 0.2) is 0 Å². The molecule has 0 bridgehead atoms. The van der Waals surface area contributed by atoms with Crippen molar-refractivity contribution in [1.29, 1.82) is 0 Å². The second-order valence-electron chi connectivity index (χ2n) is 4.40. The van der Waals surface area contributed by atoms with Crippen LogP contribution in [-0.4, -0.2) is 28.6 Å². The molecule has 1 atom stereocenters. The van der Waals surface area contributed by atoms with Gasteiger partial charge in [0.25, 0.3) is 5.79 Å². The van der Waals surface area contributed by atoms with Gasteiger partial charge in [0, 0.05) is 5.41 Å². The van der Waals surface area contributed by atoms with Crippen molar-refractivity contribution in [3.8, 4) is 0 Å². The number of ether oxygens (including phenoxy) is 1. The summed E-state index contributed by atoms with van der Waals surface area (Å²) >= 11 is 0. The molecule has 0 amide bonds. The van der Waals surface area contributed by atoms with Gasteiger partial charge < -0.3 is 14.9 Å². The first-order valence-corrected chi connectivity index (χ1v) is 4.85. The molecule has 84 valence electrons. The Bertz CT molecular complexity index is 195. The summed E-state index contributed by atoms with van der Waals surface area (Å²) in [5, 5.41) is 18.7. The molecule has 0 heterocycles. The Morgan fingerprint density at radius 3 is 2.14 bits per heavy atom. The van der Waals surface area contributed by atoms with Crippen molar-refractivity contribution in [3.63, 3.8) is 0 Å². The Balaban J connectivity index is 4.50. The van der Waals surface area contributed by atoms with Crippen LogP contribution >= 0.6 is 0 Å². The maximum absolute atomic E-state index is 10.9. The van der Waals surface area contributed by atoms with Crippen molar-refractivity contribution in [2.75, 3.05) is 6.61 Å². The molecule has 0 aliphatic rings. The van der Waals surface area contributed by atoms with E-state index in [1.165, 1.54) is 0 Å². The molecule has 4 heteroatoms. The summed E-state index contributed by atoms with van der Waals surface area (Å²) in [5.41, 5.74) is -0.841. The quantitative estimate of drug-likeness (QED) is 0.527. The fourth-order valence-corrected chi connectivity index (χ4v) is 0.963. The van der Waals surface area contributed by atoms with Crippen LogP contribution in [-0.2, 0) is 9.53 Å². The first-order chi connectivity index (χ1) is 6.25. The molecular weight excluding hydrogens is 184 g/mol. The van der Waals surface area contributed by atoms with E-state index in [4.69, 9.17) is 9.84 Å². The molecule has 0 spiro atoms. The second-order valence-corrected chi connectivity index (χ2v) is 4.40. The molecule has 0 saturated heterocycles. The maximum atomic E-state index is 10.9. The highest BCUT2D eigenvalue weighted by molar-refractivity contribution is 5.76. The van der Waals surface area contributed by atoms with Crippen LogP contribution in [0.1, 0.15) is 40.5 Å². The van der Waals surface area contributed by atoms with Gasteiger partial charge in [-0.2, -0.15) is 0 Å². The highest BCUT2D eigenvalue weighted by atomic mass is 16.6. The Morgan fingerprint density at radius 1 is 1.36 bits per heavy atom. The van der Waals surface area contributed by atoms with E-state index in [2.05, 4.69) is 0 Å². The lowest BCUT2D eigenvalue weighted by Gasteiger charge is -2.35. The molecule has 0 aliphatic carbocycles. The molecule has 14 heavy (non-hydrogen) atoms. The Morgan fingerprint density at radius 2 is 1.86 bits per heavy atom. The van der Waals surface area contributed by atoms with Crippen LogP contribution in [0.25, 0.3) is 0 Å². The molecule has 0 radical (unpaired) electrons. The van der Waals surface area contributed by atoms with E-state index in [1.54, 1.807) is 20.8 Å². The highest BCUT2D eigenvalue weighted by Gasteiger charge is 2.48. The Labute approximate surface area is 84.9 Å². The third-order valence-corrected chi connectivity index (χ3v) is 2.12. The molecule has 0 rings (SSSR count). The topological polar surface area (TPSA) is 66.8 Å². The molecule has 4 nitrogen and oxygen atoms in total. The average molecular weight is 204 g/mol. The van der Waals surface area contributed by atoms with E-state index in [1.807, 2.05) is 6.92 Å². The van der Waals surface area contributed by atoms with Crippen molar-refractivity contribution in [2.24, 2.45) is 5.41 Å². The van der Waals surface area contributed by atoms with E-state index >= 15 is 0 Å². The summed E-state index contributed by atoms with van der Waals surface area (Å²) in [4.78, 5) is 10.9. The Hall–Kier alpha value is -0.610. The van der Waals surface area contributed by atoms with E-state index < -0.39 is 17.2 Å². The van der Waals surface area contributed by atoms with Gasteiger partial charge in [-0.05, 0) is 6.42 Å². The number of aliphatic hydroxyl groups is 1. The standard InChI is InChI=1S/C10H20O4/c1-5-6-7-14-10(13,8(11)12)9(2,3)4/h13H,5-7H2,1-4H3,(H,11,12). The zero-order chi connectivity index (χ0) is 11.4. The van der Waals surface area contributed by atoms with E-state index in [9.17, 15) is 9.90 Å². The molecule has 0 aromatic rings. The summed E-state index contributed by atoms with van der Waals surface area (Å²) < 4.78 is 5.05. The summed E-state index contributed by atoms with van der Waals surface area (Å²) in [5.74, 6) is -3.43. The van der Waals surface area contributed by atoms with Crippen LogP contribution in [0.3, 0.4) is 0 Å². The first-order valence-electron chi connectivity index (χ1n) is 4.85. The predicted octanol–water partition coefficient (Wildman–Crippen LogP) is 1.62. The lowest BCUT2D eigenvalue weighted by atomic mass is 9.85. The van der Waals surface area contributed by atoms with Crippen molar-refractivity contribution >= 4 is 5.97 Å². The minimum Gasteiger partial charge on any atom is -0.477 e. The zero-order valence-corrected chi connectivity index (χ0v) is 9.33. The average Bonchev–Trinajstić information content (AvgIpc) is 2.02. The molecule has 2 N–H and O–H groups in total. The number of carbonyl (C=O) groups is 1. The lowest BCUT2D eigenvalue weighted by molar-refractivity contribution is -0.261. The molecule has 0 aromatic carbocycles. The van der Waals surface area contributed by atoms with Gasteiger partial charge in [-0.15, -0.1) is 0 Å². The number of aliphatic carboxylic acids is 1. The minimum atomic E-state index is -2.10. The number of hydrogen-bond donors (Lipinski definition) is 2. The van der Waals surface area contributed by atoms with Crippen molar-refractivity contribution in [3.05, 3.63) is 0 Å².